The van der Waals surface area contributed by atoms with Crippen LogP contribution in [0, 0.1) is 29.6 Å². The molecule has 3 heteroatoms. The molecule has 18 heavy (non-hydrogen) atoms. The molecule has 0 amide bonds. The molecule has 0 aliphatic heterocycles. The molecule has 2 aliphatic carbocycles. The molecule has 0 aromatic heterocycles. The predicted octanol–water partition coefficient (Wildman–Crippen LogP) is 4.47. The van der Waals surface area contributed by atoms with Crippen LogP contribution in [0.3, 0.4) is 0 Å². The van der Waals surface area contributed by atoms with Crippen molar-refractivity contribution in [3.63, 3.8) is 0 Å². The number of hydrogen-bond acceptors (Lipinski definition) is 2. The highest BCUT2D eigenvalue weighted by molar-refractivity contribution is 14.1. The van der Waals surface area contributed by atoms with Gasteiger partial charge in [-0.3, -0.25) is 0 Å². The molecule has 2 aliphatic rings. The Bertz CT molecular complexity index is 247. The van der Waals surface area contributed by atoms with Gasteiger partial charge in [0.05, 0.1) is 6.61 Å². The van der Waals surface area contributed by atoms with Crippen LogP contribution in [0.5, 0.6) is 0 Å². The van der Waals surface area contributed by atoms with Gasteiger partial charge in [0.15, 0.2) is 0 Å². The molecule has 0 radical (unpaired) electrons. The zero-order chi connectivity index (χ0) is 13.0. The molecule has 2 rings (SSSR count). The van der Waals surface area contributed by atoms with Crippen molar-refractivity contribution in [2.24, 2.45) is 29.6 Å². The van der Waals surface area contributed by atoms with Crippen LogP contribution in [0.2, 0.25) is 0 Å². The van der Waals surface area contributed by atoms with Crippen LogP contribution in [0.4, 0.5) is 0 Å². The summed E-state index contributed by atoms with van der Waals surface area (Å²) in [5, 5.41) is 0. The number of unbranched alkanes of at least 4 members (excludes halogenated alkanes) is 1. The van der Waals surface area contributed by atoms with E-state index in [9.17, 15) is 0 Å². The van der Waals surface area contributed by atoms with Crippen molar-refractivity contribution in [3.8, 4) is 0 Å². The van der Waals surface area contributed by atoms with E-state index in [1.165, 1.54) is 38.5 Å². The van der Waals surface area contributed by atoms with Crippen LogP contribution >= 0.6 is 23.0 Å². The number of fused-ring (bicyclic) bond motifs is 2. The molecule has 2 fully saturated rings. The number of hydrogen-bond donors (Lipinski definition) is 0. The van der Waals surface area contributed by atoms with Crippen molar-refractivity contribution in [2.45, 2.75) is 45.4 Å². The molecule has 5 atom stereocenters. The molecule has 0 aromatic rings. The van der Waals surface area contributed by atoms with E-state index in [0.29, 0.717) is 0 Å². The molecule has 2 saturated carbocycles. The summed E-state index contributed by atoms with van der Waals surface area (Å²) < 4.78 is 10.6. The van der Waals surface area contributed by atoms with Crippen LogP contribution in [-0.2, 0) is 7.80 Å². The number of ether oxygens (including phenoxy) is 1. The second-order valence-corrected chi connectivity index (χ2v) is 6.69. The molecule has 0 heterocycles. The fraction of sp³-hybridized carbons (Fsp3) is 1.00. The minimum absolute atomic E-state index is 0.860. The molecule has 5 unspecified atom stereocenters. The summed E-state index contributed by atoms with van der Waals surface area (Å²) in [6, 6.07) is 0. The van der Waals surface area contributed by atoms with E-state index in [-0.39, 0.29) is 0 Å². The average molecular weight is 366 g/mol. The first-order valence-corrected chi connectivity index (χ1v) is 8.44. The summed E-state index contributed by atoms with van der Waals surface area (Å²) >= 11 is 2.07. The monoisotopic (exact) mass is 366 g/mol. The Morgan fingerprint density at radius 2 is 1.78 bits per heavy atom. The lowest BCUT2D eigenvalue weighted by Gasteiger charge is -2.30. The van der Waals surface area contributed by atoms with Gasteiger partial charge in [-0.15, -0.1) is 0 Å². The lowest BCUT2D eigenvalue weighted by molar-refractivity contribution is 0.171. The van der Waals surface area contributed by atoms with Gasteiger partial charge in [0.2, 0.25) is 0 Å². The molecule has 2 bridgehead atoms. The first-order chi connectivity index (χ1) is 8.83. The molecule has 0 saturated heterocycles. The Hall–Kier alpha value is 0.650. The van der Waals surface area contributed by atoms with E-state index in [2.05, 4.69) is 29.9 Å². The van der Waals surface area contributed by atoms with E-state index >= 15 is 0 Å². The van der Waals surface area contributed by atoms with Crippen molar-refractivity contribution in [3.05, 3.63) is 0 Å². The lowest BCUT2D eigenvalue weighted by atomic mass is 9.75. The molecule has 0 spiro atoms. The van der Waals surface area contributed by atoms with Gasteiger partial charge >= 0.3 is 0 Å². The maximum Gasteiger partial charge on any atom is 0.109 e. The Morgan fingerprint density at radius 1 is 1.06 bits per heavy atom. The van der Waals surface area contributed by atoms with E-state index < -0.39 is 0 Å². The zero-order valence-corrected chi connectivity index (χ0v) is 13.9. The predicted molar refractivity (Wildman–Crippen MR) is 82.7 cm³/mol. The van der Waals surface area contributed by atoms with Crippen LogP contribution in [0.25, 0.3) is 0 Å². The van der Waals surface area contributed by atoms with Gasteiger partial charge in [-0.05, 0) is 55.3 Å². The van der Waals surface area contributed by atoms with E-state index in [0.717, 1.165) is 42.8 Å². The van der Waals surface area contributed by atoms with Gasteiger partial charge in [0.1, 0.15) is 23.0 Å². The summed E-state index contributed by atoms with van der Waals surface area (Å²) in [6.45, 7) is 4.30. The topological polar surface area (TPSA) is 18.5 Å². The van der Waals surface area contributed by atoms with Gasteiger partial charge in [0, 0.05) is 13.7 Å². The highest BCUT2D eigenvalue weighted by Crippen LogP contribution is 2.58. The van der Waals surface area contributed by atoms with Gasteiger partial charge in [-0.2, -0.15) is 0 Å². The molecule has 0 N–H and O–H groups in total. The quantitative estimate of drug-likeness (QED) is 0.466. The fourth-order valence-electron chi connectivity index (χ4n) is 4.81. The summed E-state index contributed by atoms with van der Waals surface area (Å²) in [6.07, 6.45) is 8.28. The van der Waals surface area contributed by atoms with Gasteiger partial charge in [0.25, 0.3) is 0 Å². The van der Waals surface area contributed by atoms with E-state index in [1.807, 2.05) is 0 Å². The summed E-state index contributed by atoms with van der Waals surface area (Å²) in [5.74, 6) is 4.73. The molecular formula is C15H27IO2. The highest BCUT2D eigenvalue weighted by Gasteiger charge is 2.52. The third-order valence-corrected chi connectivity index (χ3v) is 5.81. The van der Waals surface area contributed by atoms with E-state index in [4.69, 9.17) is 7.80 Å². The van der Waals surface area contributed by atoms with Crippen LogP contribution in [0.15, 0.2) is 0 Å². The standard InChI is InChI=1S/C15H27IO2/c1-3-11-12(6-4-5-9-17-2)14-8-7-13(11)15(14)10-18-16/h11-15H,3-10H2,1-2H3. The van der Waals surface area contributed by atoms with Crippen molar-refractivity contribution in [1.82, 2.24) is 0 Å². The smallest absolute Gasteiger partial charge is 0.109 e. The normalized spacial score (nSPS) is 38.5. The summed E-state index contributed by atoms with van der Waals surface area (Å²) in [7, 11) is 1.81. The minimum Gasteiger partial charge on any atom is -0.385 e. The maximum absolute atomic E-state index is 5.44. The van der Waals surface area contributed by atoms with Crippen molar-refractivity contribution in [1.29, 1.82) is 0 Å². The number of methoxy groups -OCH3 is 1. The fourth-order valence-corrected chi connectivity index (χ4v) is 5.22. The van der Waals surface area contributed by atoms with Crippen molar-refractivity contribution >= 4 is 23.0 Å². The number of halogens is 1. The Balaban J connectivity index is 1.88. The van der Waals surface area contributed by atoms with Gasteiger partial charge in [-0.1, -0.05) is 19.8 Å². The van der Waals surface area contributed by atoms with Crippen LogP contribution in [0.1, 0.15) is 45.4 Å². The third-order valence-electron chi connectivity index (χ3n) is 5.45. The Morgan fingerprint density at radius 3 is 2.39 bits per heavy atom. The Labute approximate surface area is 126 Å². The third kappa shape index (κ3) is 3.04. The van der Waals surface area contributed by atoms with Crippen LogP contribution in [-0.4, -0.2) is 20.3 Å². The number of rotatable bonds is 8. The average Bonchev–Trinajstić information content (AvgIpc) is 2.90. The van der Waals surface area contributed by atoms with E-state index in [1.54, 1.807) is 7.11 Å². The van der Waals surface area contributed by atoms with Crippen molar-refractivity contribution in [2.75, 3.05) is 20.3 Å². The maximum atomic E-state index is 5.44. The summed E-state index contributed by atoms with van der Waals surface area (Å²) in [5.41, 5.74) is 0. The zero-order valence-electron chi connectivity index (χ0n) is 11.7. The largest absolute Gasteiger partial charge is 0.385 e. The first kappa shape index (κ1) is 15.0. The summed E-state index contributed by atoms with van der Waals surface area (Å²) in [4.78, 5) is 0. The van der Waals surface area contributed by atoms with Crippen molar-refractivity contribution < 1.29 is 7.80 Å². The lowest BCUT2D eigenvalue weighted by Crippen LogP contribution is -2.21. The minimum atomic E-state index is 0.860. The molecule has 106 valence electrons. The molecular weight excluding hydrogens is 339 g/mol. The molecule has 0 aromatic carbocycles. The second kappa shape index (κ2) is 7.44. The second-order valence-electron chi connectivity index (χ2n) is 6.07. The molecule has 2 nitrogen and oxygen atoms in total. The first-order valence-electron chi connectivity index (χ1n) is 7.55. The van der Waals surface area contributed by atoms with Gasteiger partial charge < -0.3 is 7.80 Å². The Kier molecular flexibility index (Phi) is 6.22. The van der Waals surface area contributed by atoms with Gasteiger partial charge in [-0.25, -0.2) is 0 Å². The SMILES string of the molecule is CCC1C(CCCCOC)C2CCC1C2COI. The van der Waals surface area contributed by atoms with Crippen LogP contribution < -0.4 is 0 Å². The highest BCUT2D eigenvalue weighted by atomic mass is 127.